The summed E-state index contributed by atoms with van der Waals surface area (Å²) in [4.78, 5) is 4.13. The van der Waals surface area contributed by atoms with Crippen molar-refractivity contribution in [3.8, 4) is 0 Å². The van der Waals surface area contributed by atoms with Gasteiger partial charge in [0.2, 0.25) is 10.0 Å². The quantitative estimate of drug-likeness (QED) is 0.263. The Bertz CT molecular complexity index is 702. The van der Waals surface area contributed by atoms with Crippen LogP contribution in [0.5, 0.6) is 0 Å². The zero-order chi connectivity index (χ0) is 19.0. The fraction of sp³-hybridized carbons (Fsp3) is 0.667. The molecule has 0 bridgehead atoms. The Hall–Kier alpha value is -0.910. The largest absolute Gasteiger partial charge is 0.396 e. The summed E-state index contributed by atoms with van der Waals surface area (Å²) in [5, 5.41) is 15.6. The molecule has 1 aromatic rings. The lowest BCUT2D eigenvalue weighted by atomic mass is 9.84. The highest BCUT2D eigenvalue weighted by atomic mass is 35.5. The lowest BCUT2D eigenvalue weighted by Crippen LogP contribution is -2.46. The molecule has 148 valence electrons. The molecule has 2 rings (SSSR count). The minimum atomic E-state index is -3.55. The van der Waals surface area contributed by atoms with Crippen molar-refractivity contribution in [3.63, 3.8) is 0 Å². The number of sulfonamides is 1. The summed E-state index contributed by atoms with van der Waals surface area (Å²) in [5.41, 5.74) is -0.0909. The first kappa shape index (κ1) is 21.4. The highest BCUT2D eigenvalue weighted by Crippen LogP contribution is 2.31. The van der Waals surface area contributed by atoms with Crippen LogP contribution < -0.4 is 15.4 Å². The molecule has 1 atom stereocenters. The zero-order valence-electron chi connectivity index (χ0n) is 14.6. The van der Waals surface area contributed by atoms with Crippen LogP contribution in [-0.4, -0.2) is 66.0 Å². The maximum absolute atomic E-state index is 12.1. The second kappa shape index (κ2) is 9.86. The van der Waals surface area contributed by atoms with Gasteiger partial charge >= 0.3 is 0 Å². The van der Waals surface area contributed by atoms with Crippen LogP contribution >= 0.6 is 22.9 Å². The minimum absolute atomic E-state index is 0.0909. The highest BCUT2D eigenvalue weighted by molar-refractivity contribution is 7.91. The summed E-state index contributed by atoms with van der Waals surface area (Å²) in [7, 11) is -1.90. The Morgan fingerprint density at radius 1 is 1.42 bits per heavy atom. The molecule has 2 heterocycles. The molecule has 0 amide bonds. The first-order valence-electron chi connectivity index (χ1n) is 8.29. The van der Waals surface area contributed by atoms with Gasteiger partial charge in [-0.05, 0) is 25.0 Å². The van der Waals surface area contributed by atoms with Crippen LogP contribution in [-0.2, 0) is 14.8 Å². The third-order valence-electron chi connectivity index (χ3n) is 4.20. The number of aliphatic imine (C=N–C) groups is 1. The molecule has 0 radical (unpaired) electrons. The van der Waals surface area contributed by atoms with Crippen LogP contribution in [0.2, 0.25) is 4.34 Å². The molecule has 1 aliphatic rings. The maximum Gasteiger partial charge on any atom is 0.250 e. The molecule has 1 fully saturated rings. The van der Waals surface area contributed by atoms with E-state index in [4.69, 9.17) is 16.3 Å². The van der Waals surface area contributed by atoms with E-state index in [1.165, 1.54) is 6.07 Å². The number of rotatable bonds is 9. The first-order valence-corrected chi connectivity index (χ1v) is 11.0. The van der Waals surface area contributed by atoms with E-state index in [2.05, 4.69) is 20.3 Å². The summed E-state index contributed by atoms with van der Waals surface area (Å²) in [6.07, 6.45) is 1.56. The summed E-state index contributed by atoms with van der Waals surface area (Å²) in [6.45, 7) is 2.64. The van der Waals surface area contributed by atoms with E-state index in [-0.39, 0.29) is 22.8 Å². The van der Waals surface area contributed by atoms with Gasteiger partial charge in [0, 0.05) is 45.3 Å². The number of aliphatic hydroxyl groups excluding tert-OH is 1. The van der Waals surface area contributed by atoms with Crippen LogP contribution in [0.1, 0.15) is 12.8 Å². The third-order valence-corrected chi connectivity index (χ3v) is 7.39. The van der Waals surface area contributed by atoms with Crippen molar-refractivity contribution in [1.82, 2.24) is 15.4 Å². The smallest absolute Gasteiger partial charge is 0.250 e. The van der Waals surface area contributed by atoms with Crippen molar-refractivity contribution in [3.05, 3.63) is 16.5 Å². The van der Waals surface area contributed by atoms with Gasteiger partial charge in [0.1, 0.15) is 4.21 Å². The van der Waals surface area contributed by atoms with E-state index >= 15 is 0 Å². The molecule has 4 N–H and O–H groups in total. The predicted molar refractivity (Wildman–Crippen MR) is 103 cm³/mol. The van der Waals surface area contributed by atoms with E-state index in [0.717, 1.165) is 17.8 Å². The molecule has 1 saturated heterocycles. The van der Waals surface area contributed by atoms with E-state index < -0.39 is 10.0 Å². The number of guanidine groups is 1. The molecule has 26 heavy (non-hydrogen) atoms. The normalized spacial score (nSPS) is 21.1. The SMILES string of the molecule is CN=C(NCCNS(=O)(=O)c1ccc(Cl)s1)NCC1(CCO)CCOC1. The molecule has 11 heteroatoms. The Morgan fingerprint density at radius 2 is 2.23 bits per heavy atom. The molecular weight excluding hydrogens is 400 g/mol. The molecule has 0 saturated carbocycles. The molecule has 0 aromatic carbocycles. The topological polar surface area (TPSA) is 112 Å². The van der Waals surface area contributed by atoms with Crippen molar-refractivity contribution in [1.29, 1.82) is 0 Å². The summed E-state index contributed by atoms with van der Waals surface area (Å²) in [5.74, 6) is 0.576. The highest BCUT2D eigenvalue weighted by Gasteiger charge is 2.34. The van der Waals surface area contributed by atoms with Gasteiger partial charge in [-0.2, -0.15) is 0 Å². The molecule has 1 unspecified atom stereocenters. The summed E-state index contributed by atoms with van der Waals surface area (Å²) in [6, 6.07) is 3.04. The Morgan fingerprint density at radius 3 is 2.81 bits per heavy atom. The molecule has 1 aliphatic heterocycles. The maximum atomic E-state index is 12.1. The zero-order valence-corrected chi connectivity index (χ0v) is 17.0. The van der Waals surface area contributed by atoms with Crippen LogP contribution in [0, 0.1) is 5.41 Å². The van der Waals surface area contributed by atoms with Gasteiger partial charge in [-0.1, -0.05) is 11.6 Å². The van der Waals surface area contributed by atoms with Gasteiger partial charge in [-0.15, -0.1) is 11.3 Å². The molecule has 1 aromatic heterocycles. The molecular formula is C15H25ClN4O4S2. The van der Waals surface area contributed by atoms with Gasteiger partial charge in [0.25, 0.3) is 0 Å². The molecule has 0 spiro atoms. The number of nitrogens with one attached hydrogen (secondary N) is 3. The fourth-order valence-corrected chi connectivity index (χ4v) is 5.24. The number of ether oxygens (including phenoxy) is 1. The average Bonchev–Trinajstić information content (AvgIpc) is 3.24. The number of thiophene rings is 1. The van der Waals surface area contributed by atoms with Crippen molar-refractivity contribution >= 4 is 38.9 Å². The number of halogens is 1. The van der Waals surface area contributed by atoms with Gasteiger partial charge in [-0.3, -0.25) is 4.99 Å². The molecule has 0 aliphatic carbocycles. The minimum Gasteiger partial charge on any atom is -0.396 e. The van der Waals surface area contributed by atoms with Crippen molar-refractivity contribution in [2.75, 3.05) is 46.5 Å². The Labute approximate surface area is 163 Å². The van der Waals surface area contributed by atoms with Crippen LogP contribution in [0.25, 0.3) is 0 Å². The summed E-state index contributed by atoms with van der Waals surface area (Å²) >= 11 is 6.79. The number of hydrogen-bond donors (Lipinski definition) is 4. The fourth-order valence-electron chi connectivity index (χ4n) is 2.68. The number of nitrogens with zero attached hydrogens (tertiary/aromatic N) is 1. The van der Waals surface area contributed by atoms with E-state index in [9.17, 15) is 13.5 Å². The first-order chi connectivity index (χ1) is 12.4. The molecule has 8 nitrogen and oxygen atoms in total. The Balaban J connectivity index is 1.75. The van der Waals surface area contributed by atoms with Crippen molar-refractivity contribution in [2.24, 2.45) is 10.4 Å². The third kappa shape index (κ3) is 6.07. The van der Waals surface area contributed by atoms with Gasteiger partial charge in [0.05, 0.1) is 10.9 Å². The van der Waals surface area contributed by atoms with Crippen LogP contribution in [0.4, 0.5) is 0 Å². The monoisotopic (exact) mass is 424 g/mol. The standard InChI is InChI=1S/C15H25ClN4O4S2/c1-17-14(19-10-15(4-8-21)5-9-24-11-15)18-6-7-20-26(22,23)13-3-2-12(16)25-13/h2-3,20-21H,4-11H2,1H3,(H2,17,18,19). The number of hydrogen-bond acceptors (Lipinski definition) is 6. The van der Waals surface area contributed by atoms with Gasteiger partial charge in [0.15, 0.2) is 5.96 Å². The van der Waals surface area contributed by atoms with Crippen molar-refractivity contribution < 1.29 is 18.3 Å². The number of aliphatic hydroxyl groups is 1. The second-order valence-corrected chi connectivity index (χ2v) is 9.79. The second-order valence-electron chi connectivity index (χ2n) is 6.09. The van der Waals surface area contributed by atoms with Crippen LogP contribution in [0.15, 0.2) is 21.3 Å². The average molecular weight is 425 g/mol. The van der Waals surface area contributed by atoms with E-state index in [1.807, 2.05) is 0 Å². The van der Waals surface area contributed by atoms with Crippen molar-refractivity contribution in [2.45, 2.75) is 17.1 Å². The predicted octanol–water partition coefficient (Wildman–Crippen LogP) is 0.634. The lowest BCUT2D eigenvalue weighted by molar-refractivity contribution is 0.127. The van der Waals surface area contributed by atoms with Gasteiger partial charge in [-0.25, -0.2) is 13.1 Å². The van der Waals surface area contributed by atoms with E-state index in [1.54, 1.807) is 13.1 Å². The lowest BCUT2D eigenvalue weighted by Gasteiger charge is -2.27. The van der Waals surface area contributed by atoms with Gasteiger partial charge < -0.3 is 20.5 Å². The Kier molecular flexibility index (Phi) is 8.11. The summed E-state index contributed by atoms with van der Waals surface area (Å²) < 4.78 is 32.8. The van der Waals surface area contributed by atoms with Crippen LogP contribution in [0.3, 0.4) is 0 Å². The van der Waals surface area contributed by atoms with E-state index in [0.29, 0.717) is 43.0 Å².